The van der Waals surface area contributed by atoms with Gasteiger partial charge < -0.3 is 5.11 Å². The average Bonchev–Trinajstić information content (AvgIpc) is 2.08. The number of aliphatic hydroxyl groups excluding tert-OH is 1. The molecule has 1 fully saturated rings. The first-order chi connectivity index (χ1) is 4.47. The molecule has 0 radical (unpaired) electrons. The third-order valence-corrected chi connectivity index (χ3v) is 5.50. The predicted octanol–water partition coefficient (Wildman–Crippen LogP) is 0.0616. The van der Waals surface area contributed by atoms with E-state index in [-0.39, 0.29) is 12.4 Å². The van der Waals surface area contributed by atoms with Gasteiger partial charge in [-0.15, -0.1) is 0 Å². The van der Waals surface area contributed by atoms with Gasteiger partial charge in [0.05, 0.1) is 12.4 Å². The van der Waals surface area contributed by atoms with Crippen LogP contribution in [0.15, 0.2) is 0 Å². The lowest BCUT2D eigenvalue weighted by atomic mass is 9.98. The van der Waals surface area contributed by atoms with Crippen molar-refractivity contribution in [1.29, 1.82) is 0 Å². The summed E-state index contributed by atoms with van der Waals surface area (Å²) in [7, 11) is -1.97. The van der Waals surface area contributed by atoms with Gasteiger partial charge in [0.25, 0.3) is 0 Å². The summed E-state index contributed by atoms with van der Waals surface area (Å²) >= 11 is 0. The lowest BCUT2D eigenvalue weighted by Crippen LogP contribution is -2.25. The molecule has 60 valence electrons. The molecule has 3 nitrogen and oxygen atoms in total. The van der Waals surface area contributed by atoms with Gasteiger partial charge in [0.15, 0.2) is 0 Å². The standard InChI is InChI=1S/C5H10O3S2/c1-5(2-6)3-9-10(7,8)4-5/h6H,2-4H2,1H3. The van der Waals surface area contributed by atoms with Crippen molar-refractivity contribution in [1.82, 2.24) is 0 Å². The molecule has 1 aliphatic rings. The quantitative estimate of drug-likeness (QED) is 0.583. The molecular formula is C5H10O3S2. The topological polar surface area (TPSA) is 54.4 Å². The summed E-state index contributed by atoms with van der Waals surface area (Å²) in [6.45, 7) is 1.74. The molecule has 1 N–H and O–H groups in total. The van der Waals surface area contributed by atoms with E-state index in [9.17, 15) is 8.42 Å². The van der Waals surface area contributed by atoms with Crippen molar-refractivity contribution in [3.8, 4) is 0 Å². The lowest BCUT2D eigenvalue weighted by Gasteiger charge is -2.15. The molecule has 1 aliphatic heterocycles. The zero-order chi connectivity index (χ0) is 7.83. The van der Waals surface area contributed by atoms with Crippen LogP contribution in [0.3, 0.4) is 0 Å². The van der Waals surface area contributed by atoms with E-state index in [0.717, 1.165) is 10.8 Å². The van der Waals surface area contributed by atoms with Crippen molar-refractivity contribution in [2.75, 3.05) is 18.1 Å². The summed E-state index contributed by atoms with van der Waals surface area (Å²) in [5.74, 6) is 0.632. The molecule has 0 aromatic rings. The highest BCUT2D eigenvalue weighted by molar-refractivity contribution is 8.72. The van der Waals surface area contributed by atoms with Crippen LogP contribution in [0.4, 0.5) is 0 Å². The Balaban J connectivity index is 2.76. The molecule has 0 saturated carbocycles. The van der Waals surface area contributed by atoms with Crippen LogP contribution in [0, 0.1) is 5.41 Å². The van der Waals surface area contributed by atoms with Gasteiger partial charge in [-0.25, -0.2) is 8.42 Å². The summed E-state index contributed by atoms with van der Waals surface area (Å²) in [4.78, 5) is 0. The maximum absolute atomic E-state index is 10.9. The Morgan fingerprint density at radius 3 is 2.50 bits per heavy atom. The molecule has 5 heteroatoms. The van der Waals surface area contributed by atoms with Crippen LogP contribution in [0.2, 0.25) is 0 Å². The lowest BCUT2D eigenvalue weighted by molar-refractivity contribution is 0.185. The van der Waals surface area contributed by atoms with Crippen molar-refractivity contribution < 1.29 is 13.5 Å². The molecule has 1 heterocycles. The molecular weight excluding hydrogens is 172 g/mol. The molecule has 0 spiro atoms. The van der Waals surface area contributed by atoms with Crippen LogP contribution in [-0.2, 0) is 8.87 Å². The van der Waals surface area contributed by atoms with Crippen molar-refractivity contribution in [3.63, 3.8) is 0 Å². The van der Waals surface area contributed by atoms with Crippen molar-refractivity contribution >= 4 is 19.7 Å². The monoisotopic (exact) mass is 182 g/mol. The van der Waals surface area contributed by atoms with Gasteiger partial charge in [0.1, 0.15) is 0 Å². The van der Waals surface area contributed by atoms with Gasteiger partial charge >= 0.3 is 0 Å². The van der Waals surface area contributed by atoms with Gasteiger partial charge in [0, 0.05) is 11.2 Å². The first-order valence-corrected chi connectivity index (χ1v) is 6.11. The molecule has 1 saturated heterocycles. The van der Waals surface area contributed by atoms with E-state index < -0.39 is 14.3 Å². The fourth-order valence-corrected chi connectivity index (χ4v) is 5.25. The molecule has 0 aliphatic carbocycles. The number of hydrogen-bond acceptors (Lipinski definition) is 4. The maximum atomic E-state index is 10.9. The van der Waals surface area contributed by atoms with Crippen LogP contribution in [0.1, 0.15) is 6.92 Å². The Kier molecular flexibility index (Phi) is 2.00. The molecule has 0 bridgehead atoms. The summed E-state index contributed by atoms with van der Waals surface area (Å²) in [5, 5.41) is 8.78. The van der Waals surface area contributed by atoms with Gasteiger partial charge in [-0.05, 0) is 10.8 Å². The highest BCUT2D eigenvalue weighted by Gasteiger charge is 2.38. The predicted molar refractivity (Wildman–Crippen MR) is 41.4 cm³/mol. The minimum atomic E-state index is -2.91. The second-order valence-electron chi connectivity index (χ2n) is 2.93. The highest BCUT2D eigenvalue weighted by atomic mass is 33.1. The second kappa shape index (κ2) is 2.39. The minimum Gasteiger partial charge on any atom is -0.396 e. The van der Waals surface area contributed by atoms with Crippen LogP contribution >= 0.6 is 10.8 Å². The average molecular weight is 182 g/mol. The summed E-state index contributed by atoms with van der Waals surface area (Å²) in [5.41, 5.74) is -0.399. The van der Waals surface area contributed by atoms with E-state index >= 15 is 0 Å². The number of hydrogen-bond donors (Lipinski definition) is 1. The molecule has 1 atom stereocenters. The fraction of sp³-hybridized carbons (Fsp3) is 1.00. The molecule has 0 amide bonds. The van der Waals surface area contributed by atoms with E-state index in [0.29, 0.717) is 5.75 Å². The molecule has 1 unspecified atom stereocenters. The zero-order valence-electron chi connectivity index (χ0n) is 5.70. The van der Waals surface area contributed by atoms with E-state index in [2.05, 4.69) is 0 Å². The number of aliphatic hydroxyl groups is 1. The second-order valence-corrected chi connectivity index (χ2v) is 7.09. The van der Waals surface area contributed by atoms with Crippen LogP contribution in [0.25, 0.3) is 0 Å². The van der Waals surface area contributed by atoms with Gasteiger partial charge in [-0.3, -0.25) is 0 Å². The van der Waals surface area contributed by atoms with E-state index in [1.54, 1.807) is 6.92 Å². The first kappa shape index (κ1) is 8.36. The van der Waals surface area contributed by atoms with Crippen LogP contribution < -0.4 is 0 Å². The van der Waals surface area contributed by atoms with Crippen molar-refractivity contribution in [3.05, 3.63) is 0 Å². The SMILES string of the molecule is CC1(CO)CSS(=O)(=O)C1. The van der Waals surface area contributed by atoms with Crippen molar-refractivity contribution in [2.45, 2.75) is 6.92 Å². The third-order valence-electron chi connectivity index (χ3n) is 1.49. The summed E-state index contributed by atoms with van der Waals surface area (Å²) < 4.78 is 21.7. The summed E-state index contributed by atoms with van der Waals surface area (Å²) in [6, 6.07) is 0. The molecule has 0 aromatic heterocycles. The van der Waals surface area contributed by atoms with Gasteiger partial charge in [-0.2, -0.15) is 0 Å². The Labute approximate surface area is 64.1 Å². The number of rotatable bonds is 1. The first-order valence-electron chi connectivity index (χ1n) is 2.95. The molecule has 1 rings (SSSR count). The van der Waals surface area contributed by atoms with Crippen LogP contribution in [-0.4, -0.2) is 31.6 Å². The largest absolute Gasteiger partial charge is 0.396 e. The fourth-order valence-electron chi connectivity index (χ4n) is 0.833. The minimum absolute atomic E-state index is 0.0424. The van der Waals surface area contributed by atoms with Gasteiger partial charge in [0.2, 0.25) is 8.87 Å². The van der Waals surface area contributed by atoms with E-state index in [4.69, 9.17) is 5.11 Å². The van der Waals surface area contributed by atoms with E-state index in [1.165, 1.54) is 0 Å². The van der Waals surface area contributed by atoms with E-state index in [1.807, 2.05) is 0 Å². The Morgan fingerprint density at radius 2 is 2.30 bits per heavy atom. The van der Waals surface area contributed by atoms with Crippen molar-refractivity contribution in [2.24, 2.45) is 5.41 Å². The smallest absolute Gasteiger partial charge is 0.202 e. The van der Waals surface area contributed by atoms with Gasteiger partial charge in [-0.1, -0.05) is 6.92 Å². The highest BCUT2D eigenvalue weighted by Crippen LogP contribution is 2.36. The normalized spacial score (nSPS) is 38.2. The third kappa shape index (κ3) is 1.65. The molecule has 0 aromatic carbocycles. The Morgan fingerprint density at radius 1 is 1.70 bits per heavy atom. The summed E-state index contributed by atoms with van der Waals surface area (Å²) in [6.07, 6.45) is 0. The van der Waals surface area contributed by atoms with Crippen LogP contribution in [0.5, 0.6) is 0 Å². The Hall–Kier alpha value is 0.260. The Bertz CT molecular complexity index is 221. The zero-order valence-corrected chi connectivity index (χ0v) is 7.33. The molecule has 10 heavy (non-hydrogen) atoms. The maximum Gasteiger partial charge on any atom is 0.202 e.